The third kappa shape index (κ3) is 4.61. The molecule has 2 aromatic rings. The van der Waals surface area contributed by atoms with Crippen molar-refractivity contribution in [1.82, 2.24) is 10.3 Å². The zero-order valence-electron chi connectivity index (χ0n) is 11.4. The Hall–Kier alpha value is -2.56. The van der Waals surface area contributed by atoms with E-state index in [-0.39, 0.29) is 6.03 Å². The molecule has 5 nitrogen and oxygen atoms in total. The number of hydrogen-bond donors (Lipinski definition) is 3. The van der Waals surface area contributed by atoms with Crippen LogP contribution in [0, 0.1) is 6.92 Å². The number of nitrogens with zero attached hydrogens (tertiary/aromatic N) is 1. The quantitative estimate of drug-likeness (QED) is 0.732. The normalized spacial score (nSPS) is 9.85. The second-order valence-electron chi connectivity index (χ2n) is 4.34. The molecule has 0 radical (unpaired) electrons. The summed E-state index contributed by atoms with van der Waals surface area (Å²) >= 11 is 0. The number of hydrogen-bond acceptors (Lipinski definition) is 3. The smallest absolute Gasteiger partial charge is 0.319 e. The monoisotopic (exact) mass is 270 g/mol. The minimum atomic E-state index is -0.213. The first-order valence-corrected chi connectivity index (χ1v) is 6.51. The maximum absolute atomic E-state index is 11.6. The molecule has 1 aromatic heterocycles. The molecular weight excluding hydrogens is 252 g/mol. The number of benzene rings is 1. The Kier molecular flexibility index (Phi) is 4.94. The van der Waals surface area contributed by atoms with Gasteiger partial charge in [-0.2, -0.15) is 0 Å². The topological polar surface area (TPSA) is 66.0 Å². The number of aryl methyl sites for hydroxylation is 1. The molecule has 0 aliphatic heterocycles. The van der Waals surface area contributed by atoms with E-state index in [1.807, 2.05) is 55.5 Å². The highest BCUT2D eigenvalue weighted by Gasteiger charge is 2.00. The molecule has 0 fully saturated rings. The van der Waals surface area contributed by atoms with Crippen LogP contribution in [-0.2, 0) is 0 Å². The Morgan fingerprint density at radius 3 is 2.60 bits per heavy atom. The summed E-state index contributed by atoms with van der Waals surface area (Å²) in [6.07, 6.45) is 0. The zero-order valence-corrected chi connectivity index (χ0v) is 11.4. The van der Waals surface area contributed by atoms with Crippen LogP contribution < -0.4 is 16.0 Å². The van der Waals surface area contributed by atoms with E-state index in [1.165, 1.54) is 0 Å². The predicted molar refractivity (Wildman–Crippen MR) is 80.9 cm³/mol. The van der Waals surface area contributed by atoms with Crippen LogP contribution in [0.3, 0.4) is 0 Å². The minimum Gasteiger partial charge on any atom is -0.368 e. The fourth-order valence-electron chi connectivity index (χ4n) is 1.70. The highest BCUT2D eigenvalue weighted by molar-refractivity contribution is 5.89. The van der Waals surface area contributed by atoms with Crippen LogP contribution in [-0.4, -0.2) is 24.1 Å². The third-order valence-electron chi connectivity index (χ3n) is 2.64. The summed E-state index contributed by atoms with van der Waals surface area (Å²) in [7, 11) is 0. The van der Waals surface area contributed by atoms with E-state index >= 15 is 0 Å². The SMILES string of the molecule is Cc1cccc(NCCNC(=O)Nc2ccccc2)n1. The zero-order chi connectivity index (χ0) is 14.2. The summed E-state index contributed by atoms with van der Waals surface area (Å²) in [6.45, 7) is 3.09. The Morgan fingerprint density at radius 1 is 1.05 bits per heavy atom. The number of nitrogens with one attached hydrogen (secondary N) is 3. The van der Waals surface area contributed by atoms with Crippen LogP contribution >= 0.6 is 0 Å². The summed E-state index contributed by atoms with van der Waals surface area (Å²) in [6, 6.07) is 14.9. The molecule has 1 heterocycles. The number of anilines is 2. The molecular formula is C15H18N4O. The predicted octanol–water partition coefficient (Wildman–Crippen LogP) is 2.62. The van der Waals surface area contributed by atoms with Crippen molar-refractivity contribution in [1.29, 1.82) is 0 Å². The van der Waals surface area contributed by atoms with E-state index in [0.29, 0.717) is 13.1 Å². The fraction of sp³-hybridized carbons (Fsp3) is 0.200. The van der Waals surface area contributed by atoms with Gasteiger partial charge in [0.2, 0.25) is 0 Å². The second kappa shape index (κ2) is 7.13. The van der Waals surface area contributed by atoms with Gasteiger partial charge in [-0.15, -0.1) is 0 Å². The van der Waals surface area contributed by atoms with Gasteiger partial charge in [-0.25, -0.2) is 9.78 Å². The molecule has 3 N–H and O–H groups in total. The standard InChI is InChI=1S/C15H18N4O/c1-12-6-5-9-14(18-12)16-10-11-17-15(20)19-13-7-3-2-4-8-13/h2-9H,10-11H2,1H3,(H,16,18)(H2,17,19,20). The Bertz CT molecular complexity index is 557. The molecule has 2 amide bonds. The van der Waals surface area contributed by atoms with Crippen LogP contribution in [0.4, 0.5) is 16.3 Å². The van der Waals surface area contributed by atoms with Crippen molar-refractivity contribution < 1.29 is 4.79 Å². The number of carbonyl (C=O) groups excluding carboxylic acids is 1. The van der Waals surface area contributed by atoms with Gasteiger partial charge in [-0.05, 0) is 31.2 Å². The van der Waals surface area contributed by atoms with Gasteiger partial charge in [-0.3, -0.25) is 0 Å². The lowest BCUT2D eigenvalue weighted by Gasteiger charge is -2.09. The lowest BCUT2D eigenvalue weighted by molar-refractivity contribution is 0.252. The fourth-order valence-corrected chi connectivity index (χ4v) is 1.70. The van der Waals surface area contributed by atoms with Gasteiger partial charge >= 0.3 is 6.03 Å². The van der Waals surface area contributed by atoms with E-state index in [2.05, 4.69) is 20.9 Å². The summed E-state index contributed by atoms with van der Waals surface area (Å²) in [5.41, 5.74) is 1.74. The first-order valence-electron chi connectivity index (χ1n) is 6.51. The van der Waals surface area contributed by atoms with Gasteiger partial charge in [0, 0.05) is 24.5 Å². The number of urea groups is 1. The maximum atomic E-state index is 11.6. The average molecular weight is 270 g/mol. The van der Waals surface area contributed by atoms with Crippen LogP contribution in [0.1, 0.15) is 5.69 Å². The molecule has 0 unspecified atom stereocenters. The van der Waals surface area contributed by atoms with E-state index in [1.54, 1.807) is 0 Å². The molecule has 5 heteroatoms. The lowest BCUT2D eigenvalue weighted by atomic mass is 10.3. The molecule has 0 bridgehead atoms. The summed E-state index contributed by atoms with van der Waals surface area (Å²) in [4.78, 5) is 15.9. The summed E-state index contributed by atoms with van der Waals surface area (Å²) in [5, 5.41) is 8.68. The van der Waals surface area contributed by atoms with Crippen molar-refractivity contribution in [2.75, 3.05) is 23.7 Å². The molecule has 0 saturated carbocycles. The highest BCUT2D eigenvalue weighted by atomic mass is 16.2. The largest absolute Gasteiger partial charge is 0.368 e. The molecule has 104 valence electrons. The van der Waals surface area contributed by atoms with E-state index in [0.717, 1.165) is 17.2 Å². The van der Waals surface area contributed by atoms with Crippen LogP contribution in [0.25, 0.3) is 0 Å². The van der Waals surface area contributed by atoms with E-state index in [4.69, 9.17) is 0 Å². The summed E-state index contributed by atoms with van der Waals surface area (Å²) < 4.78 is 0. The molecule has 2 rings (SSSR count). The lowest BCUT2D eigenvalue weighted by Crippen LogP contribution is -2.32. The Morgan fingerprint density at radius 2 is 1.85 bits per heavy atom. The molecule has 0 aliphatic carbocycles. The van der Waals surface area contributed by atoms with E-state index < -0.39 is 0 Å². The van der Waals surface area contributed by atoms with Gasteiger partial charge < -0.3 is 16.0 Å². The molecule has 20 heavy (non-hydrogen) atoms. The number of amides is 2. The van der Waals surface area contributed by atoms with Crippen LogP contribution in [0.2, 0.25) is 0 Å². The van der Waals surface area contributed by atoms with Crippen molar-refractivity contribution in [2.45, 2.75) is 6.92 Å². The molecule has 0 saturated heterocycles. The third-order valence-corrected chi connectivity index (χ3v) is 2.64. The van der Waals surface area contributed by atoms with Crippen molar-refractivity contribution >= 4 is 17.5 Å². The Balaban J connectivity index is 1.67. The average Bonchev–Trinajstić information content (AvgIpc) is 2.45. The van der Waals surface area contributed by atoms with Crippen molar-refractivity contribution in [3.05, 3.63) is 54.2 Å². The van der Waals surface area contributed by atoms with Crippen LogP contribution in [0.5, 0.6) is 0 Å². The number of para-hydroxylation sites is 1. The number of rotatable bonds is 5. The van der Waals surface area contributed by atoms with Gasteiger partial charge in [0.05, 0.1) is 0 Å². The highest BCUT2D eigenvalue weighted by Crippen LogP contribution is 2.04. The number of aromatic nitrogens is 1. The molecule has 1 aromatic carbocycles. The number of pyridine rings is 1. The molecule has 0 atom stereocenters. The van der Waals surface area contributed by atoms with Gasteiger partial charge in [0.15, 0.2) is 0 Å². The first-order chi connectivity index (χ1) is 9.74. The van der Waals surface area contributed by atoms with E-state index in [9.17, 15) is 4.79 Å². The van der Waals surface area contributed by atoms with Gasteiger partial charge in [0.25, 0.3) is 0 Å². The Labute approximate surface area is 118 Å². The molecule has 0 aliphatic rings. The van der Waals surface area contributed by atoms with Crippen LogP contribution in [0.15, 0.2) is 48.5 Å². The van der Waals surface area contributed by atoms with Gasteiger partial charge in [0.1, 0.15) is 5.82 Å². The second-order valence-corrected chi connectivity index (χ2v) is 4.34. The maximum Gasteiger partial charge on any atom is 0.319 e. The first kappa shape index (κ1) is 13.9. The number of carbonyl (C=O) groups is 1. The van der Waals surface area contributed by atoms with Gasteiger partial charge in [-0.1, -0.05) is 24.3 Å². The molecule has 0 spiro atoms. The van der Waals surface area contributed by atoms with Crippen molar-refractivity contribution in [3.8, 4) is 0 Å². The summed E-state index contributed by atoms with van der Waals surface area (Å²) in [5.74, 6) is 0.815. The minimum absolute atomic E-state index is 0.213. The van der Waals surface area contributed by atoms with Crippen molar-refractivity contribution in [2.24, 2.45) is 0 Å². The van der Waals surface area contributed by atoms with Crippen molar-refractivity contribution in [3.63, 3.8) is 0 Å².